The Labute approximate surface area is 204 Å². The SMILES string of the molecule is C/C=C(/OCC)c1cn(-c2ccc(-c3cccc(NC)c3)cc2Cl)c(-c2ccccc2Cl)n1. The highest BCUT2D eigenvalue weighted by Crippen LogP contribution is 2.35. The van der Waals surface area contributed by atoms with Crippen molar-refractivity contribution in [1.82, 2.24) is 9.55 Å². The molecule has 0 saturated heterocycles. The van der Waals surface area contributed by atoms with Crippen molar-refractivity contribution in [3.8, 4) is 28.2 Å². The number of hydrogen-bond acceptors (Lipinski definition) is 3. The first-order valence-electron chi connectivity index (χ1n) is 10.8. The zero-order chi connectivity index (χ0) is 23.4. The molecule has 33 heavy (non-hydrogen) atoms. The number of nitrogens with one attached hydrogen (secondary N) is 1. The zero-order valence-corrected chi connectivity index (χ0v) is 20.3. The van der Waals surface area contributed by atoms with Crippen LogP contribution in [0, 0.1) is 0 Å². The van der Waals surface area contributed by atoms with E-state index in [1.165, 1.54) is 0 Å². The van der Waals surface area contributed by atoms with E-state index in [1.807, 2.05) is 86.3 Å². The summed E-state index contributed by atoms with van der Waals surface area (Å²) in [7, 11) is 1.91. The van der Waals surface area contributed by atoms with Gasteiger partial charge in [-0.05, 0) is 67.4 Å². The maximum atomic E-state index is 6.83. The van der Waals surface area contributed by atoms with E-state index in [-0.39, 0.29) is 0 Å². The van der Waals surface area contributed by atoms with Crippen molar-refractivity contribution in [1.29, 1.82) is 0 Å². The Bertz CT molecular complexity index is 1310. The molecule has 0 atom stereocenters. The number of anilines is 1. The van der Waals surface area contributed by atoms with E-state index in [9.17, 15) is 0 Å². The second kappa shape index (κ2) is 10.2. The van der Waals surface area contributed by atoms with Crippen LogP contribution in [0.15, 0.2) is 79.0 Å². The molecule has 168 valence electrons. The fourth-order valence-electron chi connectivity index (χ4n) is 3.71. The minimum Gasteiger partial charge on any atom is -0.492 e. The first-order chi connectivity index (χ1) is 16.0. The lowest BCUT2D eigenvalue weighted by Gasteiger charge is -2.13. The second-order valence-electron chi connectivity index (χ2n) is 7.38. The molecule has 0 bridgehead atoms. The van der Waals surface area contributed by atoms with Crippen LogP contribution < -0.4 is 5.32 Å². The summed E-state index contributed by atoms with van der Waals surface area (Å²) in [6.07, 6.45) is 3.85. The van der Waals surface area contributed by atoms with Gasteiger partial charge >= 0.3 is 0 Å². The molecule has 3 aromatic carbocycles. The number of nitrogens with zero attached hydrogens (tertiary/aromatic N) is 2. The average molecular weight is 478 g/mol. The third kappa shape index (κ3) is 4.77. The quantitative estimate of drug-likeness (QED) is 0.274. The number of benzene rings is 3. The fourth-order valence-corrected chi connectivity index (χ4v) is 4.20. The molecule has 1 heterocycles. The van der Waals surface area contributed by atoms with Crippen LogP contribution in [-0.2, 0) is 4.74 Å². The van der Waals surface area contributed by atoms with Gasteiger partial charge in [-0.15, -0.1) is 0 Å². The summed E-state index contributed by atoms with van der Waals surface area (Å²) >= 11 is 13.4. The molecule has 0 saturated carbocycles. The largest absolute Gasteiger partial charge is 0.492 e. The summed E-state index contributed by atoms with van der Waals surface area (Å²) in [5.41, 5.74) is 5.51. The van der Waals surface area contributed by atoms with Crippen LogP contribution in [0.2, 0.25) is 10.0 Å². The van der Waals surface area contributed by atoms with Crippen LogP contribution in [0.5, 0.6) is 0 Å². The van der Waals surface area contributed by atoms with Crippen LogP contribution in [0.3, 0.4) is 0 Å². The second-order valence-corrected chi connectivity index (χ2v) is 8.20. The summed E-state index contributed by atoms with van der Waals surface area (Å²) in [5, 5.41) is 4.40. The summed E-state index contributed by atoms with van der Waals surface area (Å²) in [6.45, 7) is 4.43. The first-order valence-corrected chi connectivity index (χ1v) is 11.5. The summed E-state index contributed by atoms with van der Waals surface area (Å²) < 4.78 is 7.76. The van der Waals surface area contributed by atoms with Gasteiger partial charge in [0.1, 0.15) is 17.3 Å². The molecule has 4 nitrogen and oxygen atoms in total. The van der Waals surface area contributed by atoms with Gasteiger partial charge in [-0.2, -0.15) is 0 Å². The summed E-state index contributed by atoms with van der Waals surface area (Å²) in [5.74, 6) is 1.41. The highest BCUT2D eigenvalue weighted by atomic mass is 35.5. The Hall–Kier alpha value is -3.21. The number of aromatic nitrogens is 2. The normalized spacial score (nSPS) is 11.5. The van der Waals surface area contributed by atoms with Crippen LogP contribution >= 0.6 is 23.2 Å². The number of rotatable bonds is 7. The Morgan fingerprint density at radius 2 is 1.79 bits per heavy atom. The Kier molecular flexibility index (Phi) is 7.07. The molecule has 0 aliphatic rings. The van der Waals surface area contributed by atoms with Gasteiger partial charge in [-0.3, -0.25) is 4.57 Å². The van der Waals surface area contributed by atoms with E-state index >= 15 is 0 Å². The minimum absolute atomic E-state index is 0.551. The third-order valence-corrected chi connectivity index (χ3v) is 5.96. The van der Waals surface area contributed by atoms with Crippen molar-refractivity contribution in [3.05, 3.63) is 94.7 Å². The lowest BCUT2D eigenvalue weighted by atomic mass is 10.0. The predicted molar refractivity (Wildman–Crippen MR) is 139 cm³/mol. The van der Waals surface area contributed by atoms with E-state index in [0.717, 1.165) is 33.8 Å². The molecule has 0 fully saturated rings. The van der Waals surface area contributed by atoms with Gasteiger partial charge in [-0.1, -0.05) is 53.5 Å². The van der Waals surface area contributed by atoms with Crippen LogP contribution in [-0.4, -0.2) is 23.2 Å². The van der Waals surface area contributed by atoms with Gasteiger partial charge in [0, 0.05) is 24.5 Å². The highest BCUT2D eigenvalue weighted by Gasteiger charge is 2.18. The van der Waals surface area contributed by atoms with E-state index in [2.05, 4.69) is 23.5 Å². The molecule has 4 aromatic rings. The monoisotopic (exact) mass is 477 g/mol. The smallest absolute Gasteiger partial charge is 0.146 e. The molecule has 0 aliphatic heterocycles. The van der Waals surface area contributed by atoms with E-state index < -0.39 is 0 Å². The van der Waals surface area contributed by atoms with Crippen molar-refractivity contribution in [2.24, 2.45) is 0 Å². The van der Waals surface area contributed by atoms with Crippen molar-refractivity contribution in [2.75, 3.05) is 19.0 Å². The molecular weight excluding hydrogens is 453 g/mol. The number of allylic oxidation sites excluding steroid dienone is 1. The number of halogens is 2. The fraction of sp³-hybridized carbons (Fsp3) is 0.148. The maximum Gasteiger partial charge on any atom is 0.146 e. The third-order valence-electron chi connectivity index (χ3n) is 5.33. The molecule has 1 aromatic heterocycles. The molecule has 4 rings (SSSR count). The van der Waals surface area contributed by atoms with Crippen LogP contribution in [0.4, 0.5) is 5.69 Å². The molecular formula is C27H25Cl2N3O. The Morgan fingerprint density at radius 1 is 1.00 bits per heavy atom. The van der Waals surface area contributed by atoms with Gasteiger partial charge in [0.2, 0.25) is 0 Å². The van der Waals surface area contributed by atoms with Gasteiger partial charge < -0.3 is 10.1 Å². The molecule has 0 unspecified atom stereocenters. The van der Waals surface area contributed by atoms with E-state index in [1.54, 1.807) is 0 Å². The first kappa shape index (κ1) is 23.0. The van der Waals surface area contributed by atoms with Crippen molar-refractivity contribution >= 4 is 34.6 Å². The Morgan fingerprint density at radius 3 is 2.48 bits per heavy atom. The predicted octanol–water partition coefficient (Wildman–Crippen LogP) is 7.95. The Balaban J connectivity index is 1.85. The highest BCUT2D eigenvalue weighted by molar-refractivity contribution is 6.33. The minimum atomic E-state index is 0.551. The van der Waals surface area contributed by atoms with E-state index in [4.69, 9.17) is 32.9 Å². The number of hydrogen-bond donors (Lipinski definition) is 1. The van der Waals surface area contributed by atoms with Gasteiger partial charge in [0.15, 0.2) is 0 Å². The molecule has 0 spiro atoms. The molecule has 6 heteroatoms. The van der Waals surface area contributed by atoms with Crippen molar-refractivity contribution in [2.45, 2.75) is 13.8 Å². The zero-order valence-electron chi connectivity index (χ0n) is 18.8. The number of ether oxygens (including phenoxy) is 1. The standard InChI is InChI=1S/C27H25Cl2N3O/c1-4-26(33-5-2)24-17-32(27(31-24)21-11-6-7-12-22(21)28)25-14-13-19(16-23(25)29)18-9-8-10-20(15-18)30-3/h4,6-17,30H,5H2,1-3H3/b26-4+. The average Bonchev–Trinajstić information content (AvgIpc) is 3.27. The van der Waals surface area contributed by atoms with Gasteiger partial charge in [0.25, 0.3) is 0 Å². The molecule has 0 radical (unpaired) electrons. The summed E-state index contributed by atoms with van der Waals surface area (Å²) in [6, 6.07) is 21.9. The molecule has 1 N–H and O–H groups in total. The summed E-state index contributed by atoms with van der Waals surface area (Å²) in [4.78, 5) is 4.87. The lowest BCUT2D eigenvalue weighted by Crippen LogP contribution is -1.98. The van der Waals surface area contributed by atoms with Crippen LogP contribution in [0.25, 0.3) is 34.0 Å². The number of imidazole rings is 1. The van der Waals surface area contributed by atoms with Gasteiger partial charge in [-0.25, -0.2) is 4.98 Å². The van der Waals surface area contributed by atoms with Crippen molar-refractivity contribution < 1.29 is 4.74 Å². The lowest BCUT2D eigenvalue weighted by molar-refractivity contribution is 0.296. The van der Waals surface area contributed by atoms with Crippen LogP contribution in [0.1, 0.15) is 19.5 Å². The van der Waals surface area contributed by atoms with E-state index in [0.29, 0.717) is 28.2 Å². The van der Waals surface area contributed by atoms with Crippen molar-refractivity contribution in [3.63, 3.8) is 0 Å². The topological polar surface area (TPSA) is 39.1 Å². The maximum absolute atomic E-state index is 6.83. The van der Waals surface area contributed by atoms with Gasteiger partial charge in [0.05, 0.1) is 22.3 Å². The molecule has 0 amide bonds. The molecule has 0 aliphatic carbocycles.